The van der Waals surface area contributed by atoms with E-state index in [0.717, 1.165) is 44.5 Å². The number of furan rings is 2. The lowest BCUT2D eigenvalue weighted by Gasteiger charge is -2.06. The van der Waals surface area contributed by atoms with Gasteiger partial charge in [-0.05, 0) is 17.2 Å². The minimum Gasteiger partial charge on any atom is -0.496 e. The lowest BCUT2D eigenvalue weighted by Crippen LogP contribution is -1.91. The van der Waals surface area contributed by atoms with Gasteiger partial charge >= 0.3 is 0 Å². The van der Waals surface area contributed by atoms with Crippen LogP contribution in [0.15, 0.2) is 147 Å². The van der Waals surface area contributed by atoms with Gasteiger partial charge in [0, 0.05) is 45.5 Å². The quantitative estimate of drug-likeness (QED) is 0.179. The molecule has 0 radical (unpaired) electrons. The molecule has 0 bridgehead atoms. The summed E-state index contributed by atoms with van der Waals surface area (Å²) in [4.78, 5) is 4.74. The third kappa shape index (κ3) is 4.85. The highest BCUT2D eigenvalue weighted by Crippen LogP contribution is 2.44. The topological polar surface area (TPSA) is 71.7 Å². The first-order valence-electron chi connectivity index (χ1n) is 14.2. The van der Waals surface area contributed by atoms with Gasteiger partial charge in [0.2, 0.25) is 5.88 Å². The molecular formula is C39H26N2O3. The van der Waals surface area contributed by atoms with Crippen LogP contribution in [0.1, 0.15) is 11.1 Å². The zero-order chi connectivity index (χ0) is 29.9. The van der Waals surface area contributed by atoms with Crippen molar-refractivity contribution >= 4 is 23.1 Å². The first kappa shape index (κ1) is 26.8. The molecule has 7 aromatic rings. The molecule has 0 N–H and O–H groups in total. The largest absolute Gasteiger partial charge is 0.496 e. The van der Waals surface area contributed by atoms with Gasteiger partial charge in [0.1, 0.15) is 34.5 Å². The molecule has 5 heteroatoms. The summed E-state index contributed by atoms with van der Waals surface area (Å²) in [5, 5.41) is 11.2. The van der Waals surface area contributed by atoms with E-state index in [4.69, 9.17) is 18.6 Å². The van der Waals surface area contributed by atoms with Gasteiger partial charge in [0.05, 0.1) is 7.11 Å². The summed E-state index contributed by atoms with van der Waals surface area (Å²) in [7, 11) is 1.62. The van der Waals surface area contributed by atoms with Crippen molar-refractivity contribution in [3.8, 4) is 56.7 Å². The minimum atomic E-state index is 0.229. The molecular weight excluding hydrogens is 544 g/mol. The van der Waals surface area contributed by atoms with Gasteiger partial charge in [0.15, 0.2) is 0 Å². The fourth-order valence-corrected chi connectivity index (χ4v) is 5.52. The van der Waals surface area contributed by atoms with Crippen molar-refractivity contribution in [1.82, 2.24) is 0 Å². The van der Waals surface area contributed by atoms with Crippen LogP contribution in [-0.4, -0.2) is 13.3 Å². The Labute approximate surface area is 254 Å². The number of aliphatic imine (C=N–C) groups is 1. The number of methoxy groups -OCH3 is 1. The van der Waals surface area contributed by atoms with Crippen LogP contribution >= 0.6 is 0 Å². The maximum Gasteiger partial charge on any atom is 0.238 e. The first-order valence-corrected chi connectivity index (χ1v) is 14.2. The van der Waals surface area contributed by atoms with E-state index in [0.29, 0.717) is 28.2 Å². The fraction of sp³-hybridized carbons (Fsp3) is 0.0256. The molecule has 0 aliphatic carbocycles. The monoisotopic (exact) mass is 570 g/mol. The van der Waals surface area contributed by atoms with Crippen LogP contribution in [0, 0.1) is 11.3 Å². The van der Waals surface area contributed by atoms with Crippen molar-refractivity contribution in [3.63, 3.8) is 0 Å². The van der Waals surface area contributed by atoms with Gasteiger partial charge < -0.3 is 13.6 Å². The van der Waals surface area contributed by atoms with Crippen LogP contribution in [0.2, 0.25) is 0 Å². The lowest BCUT2D eigenvalue weighted by molar-refractivity contribution is 0.414. The van der Waals surface area contributed by atoms with E-state index in [2.05, 4.69) is 18.2 Å². The van der Waals surface area contributed by atoms with Crippen LogP contribution in [0.3, 0.4) is 0 Å². The molecule has 2 aromatic heterocycles. The van der Waals surface area contributed by atoms with Crippen molar-refractivity contribution < 1.29 is 13.6 Å². The highest BCUT2D eigenvalue weighted by atomic mass is 16.5. The van der Waals surface area contributed by atoms with Crippen LogP contribution in [0.4, 0.5) is 5.88 Å². The van der Waals surface area contributed by atoms with E-state index in [1.54, 1.807) is 13.3 Å². The summed E-state index contributed by atoms with van der Waals surface area (Å²) in [6.07, 6.45) is 1.69. The second-order valence-corrected chi connectivity index (χ2v) is 10.2. The van der Waals surface area contributed by atoms with Crippen molar-refractivity contribution in [2.45, 2.75) is 0 Å². The maximum atomic E-state index is 10.3. The van der Waals surface area contributed by atoms with Crippen LogP contribution in [0.25, 0.3) is 55.9 Å². The Morgan fingerprint density at radius 1 is 0.636 bits per heavy atom. The summed E-state index contributed by atoms with van der Waals surface area (Å²) in [6, 6.07) is 46.0. The normalized spacial score (nSPS) is 11.2. The molecule has 0 spiro atoms. The maximum absolute atomic E-state index is 10.3. The Morgan fingerprint density at radius 2 is 1.14 bits per heavy atom. The molecule has 0 aliphatic rings. The fourth-order valence-electron chi connectivity index (χ4n) is 5.52. The number of benzene rings is 5. The molecule has 0 amide bonds. The Kier molecular flexibility index (Phi) is 7.08. The summed E-state index contributed by atoms with van der Waals surface area (Å²) in [5.41, 5.74) is 7.24. The first-order chi connectivity index (χ1) is 21.7. The molecule has 210 valence electrons. The van der Waals surface area contributed by atoms with Crippen LogP contribution in [-0.2, 0) is 0 Å². The van der Waals surface area contributed by atoms with E-state index in [9.17, 15) is 5.26 Å². The molecule has 0 atom stereocenters. The smallest absolute Gasteiger partial charge is 0.238 e. The number of hydrogen-bond donors (Lipinski definition) is 0. The highest BCUT2D eigenvalue weighted by Gasteiger charge is 2.23. The number of nitriles is 1. The van der Waals surface area contributed by atoms with Gasteiger partial charge in [-0.15, -0.1) is 0 Å². The molecule has 0 saturated heterocycles. The van der Waals surface area contributed by atoms with E-state index in [-0.39, 0.29) is 5.88 Å². The van der Waals surface area contributed by atoms with E-state index >= 15 is 0 Å². The minimum absolute atomic E-state index is 0.229. The van der Waals surface area contributed by atoms with Crippen molar-refractivity contribution in [2.75, 3.05) is 7.11 Å². The molecule has 7 rings (SSSR count). The Bertz CT molecular complexity index is 2140. The zero-order valence-electron chi connectivity index (χ0n) is 23.9. The van der Waals surface area contributed by atoms with Crippen LogP contribution < -0.4 is 4.74 Å². The number of nitrogens with zero attached hydrogens (tertiary/aromatic N) is 2. The Balaban J connectivity index is 1.40. The molecule has 0 aliphatic heterocycles. The van der Waals surface area contributed by atoms with Gasteiger partial charge in [-0.2, -0.15) is 5.26 Å². The number of ether oxygens (including phenoxy) is 1. The predicted molar refractivity (Wildman–Crippen MR) is 175 cm³/mol. The number of hydrogen-bond acceptors (Lipinski definition) is 5. The van der Waals surface area contributed by atoms with Crippen LogP contribution in [0.5, 0.6) is 5.75 Å². The molecule has 0 unspecified atom stereocenters. The van der Waals surface area contributed by atoms with Crippen molar-refractivity contribution in [1.29, 1.82) is 5.26 Å². The molecule has 0 saturated carbocycles. The van der Waals surface area contributed by atoms with Crippen molar-refractivity contribution in [2.24, 2.45) is 4.99 Å². The molecule has 44 heavy (non-hydrogen) atoms. The van der Waals surface area contributed by atoms with Gasteiger partial charge in [-0.3, -0.25) is 0 Å². The summed E-state index contributed by atoms with van der Waals surface area (Å²) in [5.74, 6) is 2.19. The average Bonchev–Trinajstić information content (AvgIpc) is 3.66. The van der Waals surface area contributed by atoms with Gasteiger partial charge in [0.25, 0.3) is 0 Å². The van der Waals surface area contributed by atoms with E-state index in [1.165, 1.54) is 0 Å². The SMILES string of the molecule is COc1cc2oc(-c3ccccc3)c(-c3ccccc3)c2cc1/C=N/c1oc(-c2ccccc2)c(-c2ccccc2)c1C#N. The predicted octanol–water partition coefficient (Wildman–Crippen LogP) is 10.3. The summed E-state index contributed by atoms with van der Waals surface area (Å²) >= 11 is 0. The molecule has 2 heterocycles. The number of fused-ring (bicyclic) bond motifs is 1. The van der Waals surface area contributed by atoms with Gasteiger partial charge in [-0.25, -0.2) is 4.99 Å². The highest BCUT2D eigenvalue weighted by molar-refractivity contribution is 6.05. The zero-order valence-corrected chi connectivity index (χ0v) is 23.9. The Morgan fingerprint density at radius 3 is 1.66 bits per heavy atom. The van der Waals surface area contributed by atoms with E-state index < -0.39 is 0 Å². The summed E-state index contributed by atoms with van der Waals surface area (Å²) in [6.45, 7) is 0. The number of rotatable bonds is 7. The van der Waals surface area contributed by atoms with E-state index in [1.807, 2.05) is 121 Å². The third-order valence-corrected chi connectivity index (χ3v) is 7.56. The second kappa shape index (κ2) is 11.6. The Hall–Kier alpha value is -6.12. The molecule has 5 nitrogen and oxygen atoms in total. The summed E-state index contributed by atoms with van der Waals surface area (Å²) < 4.78 is 18.6. The second-order valence-electron chi connectivity index (χ2n) is 10.2. The molecule has 5 aromatic carbocycles. The van der Waals surface area contributed by atoms with Gasteiger partial charge in [-0.1, -0.05) is 121 Å². The lowest BCUT2D eigenvalue weighted by atomic mass is 9.97. The molecule has 0 fully saturated rings. The van der Waals surface area contributed by atoms with Crippen molar-refractivity contribution in [3.05, 3.63) is 145 Å². The average molecular weight is 571 g/mol. The third-order valence-electron chi connectivity index (χ3n) is 7.56. The standard InChI is InChI=1S/C39H26N2O3/c1-42-33-23-34-31(35(26-14-6-2-7-15-26)37(43-34)28-18-10-4-11-19-28)22-30(33)25-41-39-32(24-40)36(27-16-8-3-9-17-27)38(44-39)29-20-12-5-13-21-29/h2-23,25H,1H3/b41-25+.